The Balaban J connectivity index is 1.66. The lowest BCUT2D eigenvalue weighted by Gasteiger charge is -2.17. The minimum Gasteiger partial charge on any atom is -0.480 e. The summed E-state index contributed by atoms with van der Waals surface area (Å²) in [4.78, 5) is 18.6. The molecule has 3 rings (SSSR count). The molecule has 2 heterocycles. The Labute approximate surface area is 141 Å². The first-order valence-electron chi connectivity index (χ1n) is 8.12. The van der Waals surface area contributed by atoms with Gasteiger partial charge in [-0.1, -0.05) is 12.1 Å². The molecule has 1 fully saturated rings. The van der Waals surface area contributed by atoms with E-state index in [0.29, 0.717) is 36.0 Å². The van der Waals surface area contributed by atoms with Crippen LogP contribution in [0.2, 0.25) is 0 Å². The molecule has 4 nitrogen and oxygen atoms in total. The fourth-order valence-electron chi connectivity index (χ4n) is 3.17. The number of methoxy groups -OCH3 is 1. The zero-order valence-electron chi connectivity index (χ0n) is 14.0. The van der Waals surface area contributed by atoms with Crippen LogP contribution >= 0.6 is 0 Å². The smallest absolute Gasteiger partial charge is 0.259 e. The fourth-order valence-corrected chi connectivity index (χ4v) is 3.17. The van der Waals surface area contributed by atoms with Crippen LogP contribution in [0.3, 0.4) is 0 Å². The molecule has 1 saturated heterocycles. The minimum atomic E-state index is -0.168. The molecule has 0 saturated carbocycles. The first kappa shape index (κ1) is 16.4. The Morgan fingerprint density at radius 2 is 2.25 bits per heavy atom. The first-order valence-corrected chi connectivity index (χ1v) is 8.12. The number of carbonyl (C=O) groups excluding carboxylic acids is 1. The standard InChI is InChI=1S/C19H21FN2O2/c1-13-5-6-14(11-17(13)20)10-15-7-9-22(12-15)19(23)16-4-3-8-21-18(16)24-2/h3-6,8,11,15H,7,9-10,12H2,1-2H3. The van der Waals surface area contributed by atoms with Gasteiger partial charge in [0, 0.05) is 19.3 Å². The summed E-state index contributed by atoms with van der Waals surface area (Å²) in [6.07, 6.45) is 3.31. The molecule has 0 spiro atoms. The van der Waals surface area contributed by atoms with E-state index in [-0.39, 0.29) is 11.7 Å². The second-order valence-corrected chi connectivity index (χ2v) is 6.25. The molecule has 0 aliphatic carbocycles. The van der Waals surface area contributed by atoms with Gasteiger partial charge in [0.25, 0.3) is 5.91 Å². The SMILES string of the molecule is COc1ncccc1C(=O)N1CCC(Cc2ccc(C)c(F)c2)C1. The Kier molecular flexibility index (Phi) is 4.79. The molecule has 24 heavy (non-hydrogen) atoms. The van der Waals surface area contributed by atoms with Crippen molar-refractivity contribution in [2.45, 2.75) is 19.8 Å². The van der Waals surface area contributed by atoms with Crippen molar-refractivity contribution in [2.24, 2.45) is 5.92 Å². The summed E-state index contributed by atoms with van der Waals surface area (Å²) in [7, 11) is 1.51. The predicted octanol–water partition coefficient (Wildman–Crippen LogP) is 3.24. The maximum atomic E-state index is 13.7. The molecular formula is C19H21FN2O2. The number of aromatic nitrogens is 1. The number of rotatable bonds is 4. The van der Waals surface area contributed by atoms with Gasteiger partial charge in [0.15, 0.2) is 0 Å². The van der Waals surface area contributed by atoms with Crippen LogP contribution < -0.4 is 4.74 Å². The highest BCUT2D eigenvalue weighted by molar-refractivity contribution is 5.96. The molecule has 0 N–H and O–H groups in total. The van der Waals surface area contributed by atoms with E-state index in [1.807, 2.05) is 17.0 Å². The van der Waals surface area contributed by atoms with Gasteiger partial charge in [-0.25, -0.2) is 9.37 Å². The highest BCUT2D eigenvalue weighted by Gasteiger charge is 2.28. The number of amides is 1. The molecule has 1 aliphatic rings. The van der Waals surface area contributed by atoms with E-state index < -0.39 is 0 Å². The Bertz CT molecular complexity index is 748. The molecule has 0 bridgehead atoms. The number of hydrogen-bond acceptors (Lipinski definition) is 3. The third kappa shape index (κ3) is 3.40. The van der Waals surface area contributed by atoms with Crippen LogP contribution in [0, 0.1) is 18.7 Å². The third-order valence-electron chi connectivity index (χ3n) is 4.53. The predicted molar refractivity (Wildman–Crippen MR) is 89.6 cm³/mol. The molecule has 0 radical (unpaired) electrons. The minimum absolute atomic E-state index is 0.0578. The number of benzene rings is 1. The van der Waals surface area contributed by atoms with Crippen LogP contribution in [-0.4, -0.2) is 36.0 Å². The molecule has 126 valence electrons. The number of hydrogen-bond donors (Lipinski definition) is 0. The summed E-state index contributed by atoms with van der Waals surface area (Å²) in [5.74, 6) is 0.473. The second-order valence-electron chi connectivity index (χ2n) is 6.25. The van der Waals surface area contributed by atoms with Crippen LogP contribution in [0.25, 0.3) is 0 Å². The Morgan fingerprint density at radius 3 is 3.00 bits per heavy atom. The maximum Gasteiger partial charge on any atom is 0.259 e. The van der Waals surface area contributed by atoms with Gasteiger partial charge >= 0.3 is 0 Å². The summed E-state index contributed by atoms with van der Waals surface area (Å²) in [5.41, 5.74) is 2.13. The van der Waals surface area contributed by atoms with Crippen molar-refractivity contribution in [3.8, 4) is 5.88 Å². The van der Waals surface area contributed by atoms with E-state index >= 15 is 0 Å². The summed E-state index contributed by atoms with van der Waals surface area (Å²) in [5, 5.41) is 0. The van der Waals surface area contributed by atoms with Gasteiger partial charge in [0.05, 0.1) is 7.11 Å². The molecule has 1 atom stereocenters. The lowest BCUT2D eigenvalue weighted by atomic mass is 9.98. The number of pyridine rings is 1. The number of carbonyl (C=O) groups is 1. The van der Waals surface area contributed by atoms with Crippen molar-refractivity contribution in [2.75, 3.05) is 20.2 Å². The Morgan fingerprint density at radius 1 is 1.42 bits per heavy atom. The lowest BCUT2D eigenvalue weighted by molar-refractivity contribution is 0.0783. The summed E-state index contributed by atoms with van der Waals surface area (Å²) in [6, 6.07) is 8.84. The first-order chi connectivity index (χ1) is 11.6. The van der Waals surface area contributed by atoms with E-state index in [1.54, 1.807) is 31.3 Å². The van der Waals surface area contributed by atoms with Crippen molar-refractivity contribution in [1.82, 2.24) is 9.88 Å². The van der Waals surface area contributed by atoms with Crippen LogP contribution in [0.4, 0.5) is 4.39 Å². The monoisotopic (exact) mass is 328 g/mol. The molecule has 1 aromatic heterocycles. The van der Waals surface area contributed by atoms with E-state index in [0.717, 1.165) is 18.4 Å². The quantitative estimate of drug-likeness (QED) is 0.865. The largest absolute Gasteiger partial charge is 0.480 e. The second kappa shape index (κ2) is 6.99. The van der Waals surface area contributed by atoms with E-state index in [1.165, 1.54) is 7.11 Å². The fraction of sp³-hybridized carbons (Fsp3) is 0.368. The zero-order valence-corrected chi connectivity index (χ0v) is 14.0. The van der Waals surface area contributed by atoms with Crippen molar-refractivity contribution in [3.05, 3.63) is 59.0 Å². The number of halogens is 1. The molecular weight excluding hydrogens is 307 g/mol. The van der Waals surface area contributed by atoms with E-state index in [9.17, 15) is 9.18 Å². The van der Waals surface area contributed by atoms with Crippen molar-refractivity contribution < 1.29 is 13.9 Å². The van der Waals surface area contributed by atoms with Gasteiger partial charge in [0.1, 0.15) is 11.4 Å². The molecule has 1 aliphatic heterocycles. The van der Waals surface area contributed by atoms with Crippen LogP contribution in [0.5, 0.6) is 5.88 Å². The van der Waals surface area contributed by atoms with Crippen LogP contribution in [-0.2, 0) is 6.42 Å². The van der Waals surface area contributed by atoms with Gasteiger partial charge in [-0.05, 0) is 55.0 Å². The number of likely N-dealkylation sites (tertiary alicyclic amines) is 1. The van der Waals surface area contributed by atoms with Crippen LogP contribution in [0.15, 0.2) is 36.5 Å². The highest BCUT2D eigenvalue weighted by atomic mass is 19.1. The normalized spacial score (nSPS) is 17.1. The molecule has 1 aromatic carbocycles. The van der Waals surface area contributed by atoms with Crippen molar-refractivity contribution in [3.63, 3.8) is 0 Å². The number of nitrogens with zero attached hydrogens (tertiary/aromatic N) is 2. The molecule has 1 unspecified atom stereocenters. The Hall–Kier alpha value is -2.43. The lowest BCUT2D eigenvalue weighted by Crippen LogP contribution is -2.29. The average Bonchev–Trinajstić information content (AvgIpc) is 3.06. The zero-order chi connectivity index (χ0) is 17.1. The third-order valence-corrected chi connectivity index (χ3v) is 4.53. The number of ether oxygens (including phenoxy) is 1. The average molecular weight is 328 g/mol. The van der Waals surface area contributed by atoms with E-state index in [2.05, 4.69) is 4.98 Å². The van der Waals surface area contributed by atoms with Gasteiger partial charge in [0.2, 0.25) is 5.88 Å². The van der Waals surface area contributed by atoms with Gasteiger partial charge < -0.3 is 9.64 Å². The topological polar surface area (TPSA) is 42.4 Å². The van der Waals surface area contributed by atoms with Gasteiger partial charge in [-0.15, -0.1) is 0 Å². The summed E-state index contributed by atoms with van der Waals surface area (Å²) in [6.45, 7) is 3.14. The van der Waals surface area contributed by atoms with Crippen LogP contribution in [0.1, 0.15) is 27.9 Å². The van der Waals surface area contributed by atoms with Crippen molar-refractivity contribution >= 4 is 5.91 Å². The summed E-state index contributed by atoms with van der Waals surface area (Å²) < 4.78 is 18.9. The molecule has 5 heteroatoms. The highest BCUT2D eigenvalue weighted by Crippen LogP contribution is 2.25. The van der Waals surface area contributed by atoms with Gasteiger partial charge in [-0.3, -0.25) is 4.79 Å². The molecule has 1 amide bonds. The van der Waals surface area contributed by atoms with E-state index in [4.69, 9.17) is 4.74 Å². The van der Waals surface area contributed by atoms with Crippen molar-refractivity contribution in [1.29, 1.82) is 0 Å². The summed E-state index contributed by atoms with van der Waals surface area (Å²) >= 11 is 0. The maximum absolute atomic E-state index is 13.7. The number of aryl methyl sites for hydroxylation is 1. The molecule has 2 aromatic rings. The van der Waals surface area contributed by atoms with Gasteiger partial charge in [-0.2, -0.15) is 0 Å².